The summed E-state index contributed by atoms with van der Waals surface area (Å²) in [5.74, 6) is 1.54. The van der Waals surface area contributed by atoms with Gasteiger partial charge in [0.2, 0.25) is 0 Å². The van der Waals surface area contributed by atoms with Gasteiger partial charge in [0.25, 0.3) is 0 Å². The van der Waals surface area contributed by atoms with E-state index in [4.69, 9.17) is 0 Å². The lowest BCUT2D eigenvalue weighted by Gasteiger charge is -2.26. The van der Waals surface area contributed by atoms with Gasteiger partial charge in [0.05, 0.1) is 0 Å². The molecule has 0 spiro atoms. The van der Waals surface area contributed by atoms with Crippen LogP contribution in [0.5, 0.6) is 0 Å². The highest BCUT2D eigenvalue weighted by molar-refractivity contribution is 5.28. The van der Waals surface area contributed by atoms with Crippen LogP contribution in [-0.4, -0.2) is 12.1 Å². The SMILES string of the molecule is CC(CNC(C)(C)C)Cc1cccc(C2CCC2)c1. The molecular weight excluding hydrogens is 230 g/mol. The lowest BCUT2D eigenvalue weighted by Crippen LogP contribution is -2.39. The van der Waals surface area contributed by atoms with Crippen LogP contribution in [0.1, 0.15) is 64.0 Å². The first-order valence-electron chi connectivity index (χ1n) is 7.78. The molecule has 1 atom stereocenters. The number of rotatable bonds is 5. The molecule has 1 aromatic carbocycles. The van der Waals surface area contributed by atoms with E-state index in [9.17, 15) is 0 Å². The Morgan fingerprint density at radius 1 is 1.26 bits per heavy atom. The quantitative estimate of drug-likeness (QED) is 0.819. The molecule has 1 aromatic rings. The Morgan fingerprint density at radius 3 is 2.58 bits per heavy atom. The van der Waals surface area contributed by atoms with Crippen LogP contribution < -0.4 is 5.32 Å². The van der Waals surface area contributed by atoms with E-state index in [2.05, 4.69) is 57.3 Å². The molecule has 0 amide bonds. The Kier molecular flexibility index (Phi) is 4.67. The Labute approximate surface area is 118 Å². The molecule has 1 aliphatic rings. The van der Waals surface area contributed by atoms with Gasteiger partial charge in [-0.15, -0.1) is 0 Å². The normalized spacial score (nSPS) is 18.1. The Morgan fingerprint density at radius 2 is 2.00 bits per heavy atom. The van der Waals surface area contributed by atoms with Crippen molar-refractivity contribution in [3.8, 4) is 0 Å². The van der Waals surface area contributed by atoms with Crippen LogP contribution in [0.2, 0.25) is 0 Å². The van der Waals surface area contributed by atoms with E-state index in [1.807, 2.05) is 0 Å². The Balaban J connectivity index is 1.87. The summed E-state index contributed by atoms with van der Waals surface area (Å²) in [6.45, 7) is 10.1. The van der Waals surface area contributed by atoms with Crippen LogP contribution in [-0.2, 0) is 6.42 Å². The van der Waals surface area contributed by atoms with E-state index in [0.717, 1.165) is 12.5 Å². The van der Waals surface area contributed by atoms with Gasteiger partial charge in [-0.1, -0.05) is 37.6 Å². The summed E-state index contributed by atoms with van der Waals surface area (Å²) in [7, 11) is 0. The molecule has 0 heterocycles. The largest absolute Gasteiger partial charge is 0.312 e. The van der Waals surface area contributed by atoms with Gasteiger partial charge in [-0.2, -0.15) is 0 Å². The average Bonchev–Trinajstić information content (AvgIpc) is 2.24. The van der Waals surface area contributed by atoms with Crippen molar-refractivity contribution in [1.29, 1.82) is 0 Å². The summed E-state index contributed by atoms with van der Waals surface area (Å²) in [6, 6.07) is 9.28. The number of nitrogens with one attached hydrogen (secondary N) is 1. The van der Waals surface area contributed by atoms with Crippen molar-refractivity contribution in [2.45, 2.75) is 64.8 Å². The van der Waals surface area contributed by atoms with E-state index in [1.54, 1.807) is 5.56 Å². The van der Waals surface area contributed by atoms with Crippen LogP contribution in [0.25, 0.3) is 0 Å². The summed E-state index contributed by atoms with van der Waals surface area (Å²) >= 11 is 0. The van der Waals surface area contributed by atoms with E-state index < -0.39 is 0 Å². The second kappa shape index (κ2) is 6.09. The molecule has 2 rings (SSSR count). The molecule has 0 aromatic heterocycles. The molecular formula is C18H29N. The van der Waals surface area contributed by atoms with Crippen molar-refractivity contribution in [2.75, 3.05) is 6.54 Å². The van der Waals surface area contributed by atoms with Crippen molar-refractivity contribution in [3.63, 3.8) is 0 Å². The molecule has 1 nitrogen and oxygen atoms in total. The molecule has 0 radical (unpaired) electrons. The maximum Gasteiger partial charge on any atom is 0.00966 e. The monoisotopic (exact) mass is 259 g/mol. The zero-order valence-corrected chi connectivity index (χ0v) is 13.0. The third-order valence-corrected chi connectivity index (χ3v) is 4.09. The summed E-state index contributed by atoms with van der Waals surface area (Å²) < 4.78 is 0. The maximum atomic E-state index is 3.60. The standard InChI is InChI=1S/C18H29N/c1-14(13-19-18(2,3)4)11-15-7-5-10-17(12-15)16-8-6-9-16/h5,7,10,12,14,16,19H,6,8-9,11,13H2,1-4H3. The zero-order valence-electron chi connectivity index (χ0n) is 13.0. The zero-order chi connectivity index (χ0) is 13.9. The first kappa shape index (κ1) is 14.6. The molecule has 1 fully saturated rings. The number of hydrogen-bond acceptors (Lipinski definition) is 1. The van der Waals surface area contributed by atoms with Crippen molar-refractivity contribution in [2.24, 2.45) is 5.92 Å². The molecule has 1 aliphatic carbocycles. The number of benzene rings is 1. The highest BCUT2D eigenvalue weighted by Gasteiger charge is 2.19. The van der Waals surface area contributed by atoms with Gasteiger partial charge in [-0.05, 0) is 69.5 Å². The molecule has 19 heavy (non-hydrogen) atoms. The molecule has 1 N–H and O–H groups in total. The second-order valence-corrected chi connectivity index (χ2v) is 7.31. The van der Waals surface area contributed by atoms with Crippen molar-refractivity contribution >= 4 is 0 Å². The van der Waals surface area contributed by atoms with Gasteiger partial charge in [0.1, 0.15) is 0 Å². The van der Waals surface area contributed by atoms with Crippen LogP contribution >= 0.6 is 0 Å². The molecule has 1 heteroatoms. The minimum absolute atomic E-state index is 0.224. The fraction of sp³-hybridized carbons (Fsp3) is 0.667. The van der Waals surface area contributed by atoms with Gasteiger partial charge in [-0.3, -0.25) is 0 Å². The van der Waals surface area contributed by atoms with E-state index in [0.29, 0.717) is 5.92 Å². The first-order valence-corrected chi connectivity index (χ1v) is 7.78. The van der Waals surface area contributed by atoms with E-state index >= 15 is 0 Å². The van der Waals surface area contributed by atoms with E-state index in [1.165, 1.54) is 31.2 Å². The van der Waals surface area contributed by atoms with Gasteiger partial charge >= 0.3 is 0 Å². The number of hydrogen-bond donors (Lipinski definition) is 1. The molecule has 0 aliphatic heterocycles. The molecule has 1 unspecified atom stereocenters. The van der Waals surface area contributed by atoms with Crippen LogP contribution in [0.3, 0.4) is 0 Å². The van der Waals surface area contributed by atoms with Gasteiger partial charge in [-0.25, -0.2) is 0 Å². The lowest BCUT2D eigenvalue weighted by atomic mass is 9.79. The van der Waals surface area contributed by atoms with E-state index in [-0.39, 0.29) is 5.54 Å². The Bertz CT molecular complexity index is 398. The minimum atomic E-state index is 0.224. The third kappa shape index (κ3) is 4.65. The maximum absolute atomic E-state index is 3.60. The molecule has 106 valence electrons. The van der Waals surface area contributed by atoms with Gasteiger partial charge in [0.15, 0.2) is 0 Å². The average molecular weight is 259 g/mol. The fourth-order valence-electron chi connectivity index (χ4n) is 2.67. The Hall–Kier alpha value is -0.820. The third-order valence-electron chi connectivity index (χ3n) is 4.09. The fourth-order valence-corrected chi connectivity index (χ4v) is 2.67. The topological polar surface area (TPSA) is 12.0 Å². The van der Waals surface area contributed by atoms with Crippen molar-refractivity contribution in [3.05, 3.63) is 35.4 Å². The predicted molar refractivity (Wildman–Crippen MR) is 83.7 cm³/mol. The predicted octanol–water partition coefficient (Wildman–Crippen LogP) is 4.52. The van der Waals surface area contributed by atoms with Crippen molar-refractivity contribution < 1.29 is 0 Å². The second-order valence-electron chi connectivity index (χ2n) is 7.31. The first-order chi connectivity index (χ1) is 8.94. The summed E-state index contributed by atoms with van der Waals surface area (Å²) in [4.78, 5) is 0. The summed E-state index contributed by atoms with van der Waals surface area (Å²) in [5, 5.41) is 3.60. The molecule has 0 saturated heterocycles. The summed E-state index contributed by atoms with van der Waals surface area (Å²) in [6.07, 6.45) is 5.39. The van der Waals surface area contributed by atoms with Crippen LogP contribution in [0.4, 0.5) is 0 Å². The highest BCUT2D eigenvalue weighted by atomic mass is 14.9. The van der Waals surface area contributed by atoms with Crippen LogP contribution in [0, 0.1) is 5.92 Å². The smallest absolute Gasteiger partial charge is 0.00966 e. The van der Waals surface area contributed by atoms with Gasteiger partial charge < -0.3 is 5.32 Å². The minimum Gasteiger partial charge on any atom is -0.312 e. The van der Waals surface area contributed by atoms with Crippen molar-refractivity contribution in [1.82, 2.24) is 5.32 Å². The lowest BCUT2D eigenvalue weighted by molar-refractivity contribution is 0.381. The molecule has 0 bridgehead atoms. The highest BCUT2D eigenvalue weighted by Crippen LogP contribution is 2.36. The van der Waals surface area contributed by atoms with Gasteiger partial charge in [0, 0.05) is 5.54 Å². The molecule has 1 saturated carbocycles. The van der Waals surface area contributed by atoms with Crippen LogP contribution in [0.15, 0.2) is 24.3 Å². The summed E-state index contributed by atoms with van der Waals surface area (Å²) in [5.41, 5.74) is 3.30.